The minimum Gasteiger partial charge on any atom is -0.508 e. The molecule has 7 aliphatic heterocycles. The fourth-order valence-corrected chi connectivity index (χ4v) is 16.0. The van der Waals surface area contributed by atoms with Crippen molar-refractivity contribution in [3.8, 4) is 68.2 Å². The van der Waals surface area contributed by atoms with Crippen molar-refractivity contribution in [1.82, 2.24) is 47.9 Å². The second-order valence-corrected chi connectivity index (χ2v) is 31.0. The van der Waals surface area contributed by atoms with E-state index >= 15 is 14.4 Å². The molecule has 0 spiro atoms. The van der Waals surface area contributed by atoms with E-state index in [2.05, 4.69) is 47.9 Å². The molecular formula is C81H86Cl2N10O25. The van der Waals surface area contributed by atoms with Crippen LogP contribution in [0.3, 0.4) is 0 Å². The second-order valence-electron chi connectivity index (χ2n) is 30.2. The van der Waals surface area contributed by atoms with Gasteiger partial charge in [-0.2, -0.15) is 0 Å². The average Bonchev–Trinajstić information content (AvgIpc) is 1.39. The first-order valence-corrected chi connectivity index (χ1v) is 38.3. The zero-order valence-electron chi connectivity index (χ0n) is 63.6. The number of phenols is 3. The van der Waals surface area contributed by atoms with E-state index < -0.39 is 250 Å². The molecule has 9 amide bonds. The van der Waals surface area contributed by atoms with Crippen LogP contribution in [0.15, 0.2) is 127 Å². The third-order valence-corrected chi connectivity index (χ3v) is 22.2. The van der Waals surface area contributed by atoms with Gasteiger partial charge in [-0.15, -0.1) is 0 Å². The number of carboxylic acid groups (broad SMARTS) is 1. The number of phenolic OH excluding ortho intramolecular Hbond substituents is 3. The van der Waals surface area contributed by atoms with E-state index in [9.17, 15) is 79.8 Å². The number of carboxylic acids is 1. The van der Waals surface area contributed by atoms with E-state index in [-0.39, 0.29) is 52.3 Å². The Morgan fingerprint density at radius 1 is 0.653 bits per heavy atom. The molecule has 0 saturated carbocycles. The molecule has 7 heterocycles. The van der Waals surface area contributed by atoms with Gasteiger partial charge in [-0.25, -0.2) is 9.59 Å². The van der Waals surface area contributed by atoms with Gasteiger partial charge in [0.2, 0.25) is 53.4 Å². The Labute approximate surface area is 682 Å². The molecule has 118 heavy (non-hydrogen) atoms. The van der Waals surface area contributed by atoms with Crippen LogP contribution in [0.1, 0.15) is 122 Å². The Balaban J connectivity index is 0.969. The molecule has 7 aromatic rings. The standard InChI is InChI=1S/C81H86Cl2N10O25/c1-32(2)20-48(85-5)72(104)91-63-65(99)35-15-18-52(46(82)22-35)114-54-24-37-25-55(69(54)118-79-70(68(102)67(101)56(31-94)116-79)117-58-29-81(4,71(103)33(3)113-58)93-80(112)86-30-45-41-12-8-6-10-39(41)40-11-7-9-13-42(40)45)115-53-19-16-36(23-47(53)83)66(100)64-77(109)90-62(78(110)111)44-26-38(95)27-51(97)59(44)43-21-34(14-17-50(43)96)60(74(106)92-64)89-75(107)61(37)88-73(105)49(28-57(84)98)87-76(63)108/h6-19,21-27,32-33,45,48-49,56,58,60-68,70-71,79,85,94-97,99-103H,20,28-31H2,1-5H3,(H2,84,98)(H,87,108)(H,88,105)(H,89,107)(H,90,109)(H,91,104)(H,92,106)(H,110,111)(H2,86,93,112)/t33-,48+,49-,56+,58-,60+,61+,62-,63+,64-,65+,66+,67+,68-,70+,71+,79-,81-/m0/s1. The van der Waals surface area contributed by atoms with Crippen LogP contribution in [-0.4, -0.2) is 204 Å². The van der Waals surface area contributed by atoms with Gasteiger partial charge in [-0.1, -0.05) is 104 Å². The first-order valence-electron chi connectivity index (χ1n) is 37.5. The van der Waals surface area contributed by atoms with Crippen LogP contribution < -0.4 is 67.8 Å². The summed E-state index contributed by atoms with van der Waals surface area (Å²) in [6, 6.07) is 13.9. The van der Waals surface area contributed by atoms with Crippen LogP contribution in [0.4, 0.5) is 4.79 Å². The molecule has 37 heteroatoms. The molecule has 21 N–H and O–H groups in total. The normalized spacial score (nSPS) is 27.2. The lowest BCUT2D eigenvalue weighted by Crippen LogP contribution is -2.67. The van der Waals surface area contributed by atoms with E-state index in [1.807, 2.05) is 62.4 Å². The molecule has 624 valence electrons. The van der Waals surface area contributed by atoms with Crippen molar-refractivity contribution in [2.24, 2.45) is 11.7 Å². The average molecular weight is 1670 g/mol. The highest BCUT2D eigenvalue weighted by Crippen LogP contribution is 2.51. The number of fused-ring (bicyclic) bond motifs is 18. The molecule has 18 atom stereocenters. The number of aliphatic hydroxyl groups excluding tert-OH is 6. The van der Waals surface area contributed by atoms with Gasteiger partial charge in [0.15, 0.2) is 29.9 Å². The summed E-state index contributed by atoms with van der Waals surface area (Å²) in [5.74, 6) is -16.6. The quantitative estimate of drug-likeness (QED) is 0.0660. The molecule has 7 aromatic carbocycles. The first-order chi connectivity index (χ1) is 56.1. The van der Waals surface area contributed by atoms with Crippen LogP contribution in [0.25, 0.3) is 22.3 Å². The summed E-state index contributed by atoms with van der Waals surface area (Å²) < 4.78 is 39.3. The number of amides is 9. The van der Waals surface area contributed by atoms with Crippen LogP contribution in [0, 0.1) is 5.92 Å². The fourth-order valence-electron chi connectivity index (χ4n) is 15.6. The number of likely N-dealkylation sites (N-methyl/N-ethyl adjacent to an activating group) is 1. The molecule has 35 nitrogen and oxygen atoms in total. The van der Waals surface area contributed by atoms with Crippen molar-refractivity contribution in [3.63, 3.8) is 0 Å². The number of primary amides is 1. The smallest absolute Gasteiger partial charge is 0.330 e. The molecule has 0 unspecified atom stereocenters. The number of hydrogen-bond acceptors (Lipinski definition) is 25. The molecule has 2 saturated heterocycles. The maximum atomic E-state index is 16.2. The molecule has 8 aliphatic rings. The van der Waals surface area contributed by atoms with Crippen LogP contribution in [0.5, 0.6) is 46.0 Å². The Hall–Kier alpha value is -11.5. The lowest BCUT2D eigenvalue weighted by atomic mass is 9.85. The number of ether oxygens (including phenoxy) is 6. The van der Waals surface area contributed by atoms with Crippen molar-refractivity contribution >= 4 is 76.6 Å². The Morgan fingerprint density at radius 3 is 1.86 bits per heavy atom. The number of aliphatic carboxylic acids is 1. The highest BCUT2D eigenvalue weighted by Gasteiger charge is 2.53. The number of carbonyl (C=O) groups excluding carboxylic acids is 8. The Morgan fingerprint density at radius 2 is 1.25 bits per heavy atom. The number of urea groups is 1. The topological polar surface area (TPSA) is 546 Å². The fraction of sp³-hybridized carbons (Fsp3) is 0.370. The van der Waals surface area contributed by atoms with Crippen LogP contribution >= 0.6 is 23.2 Å². The molecule has 15 rings (SSSR count). The third-order valence-electron chi connectivity index (χ3n) is 21.6. The third kappa shape index (κ3) is 17.3. The zero-order chi connectivity index (χ0) is 84.8. The van der Waals surface area contributed by atoms with Gasteiger partial charge in [-0.3, -0.25) is 33.6 Å². The van der Waals surface area contributed by atoms with Crippen LogP contribution in [-0.2, 0) is 52.6 Å². The number of nitrogens with one attached hydrogen (secondary N) is 9. The summed E-state index contributed by atoms with van der Waals surface area (Å²) in [7, 11) is 1.47. The summed E-state index contributed by atoms with van der Waals surface area (Å²) in [6.07, 6.45) is -19.8. The van der Waals surface area contributed by atoms with Gasteiger partial charge in [0.1, 0.15) is 95.6 Å². The van der Waals surface area contributed by atoms with E-state index in [1.165, 1.54) is 33.0 Å². The summed E-state index contributed by atoms with van der Waals surface area (Å²) in [6.45, 7) is 5.73. The van der Waals surface area contributed by atoms with E-state index in [4.69, 9.17) is 57.4 Å². The van der Waals surface area contributed by atoms with Crippen molar-refractivity contribution in [3.05, 3.63) is 176 Å². The maximum absolute atomic E-state index is 16.2. The highest BCUT2D eigenvalue weighted by molar-refractivity contribution is 6.32. The van der Waals surface area contributed by atoms with Gasteiger partial charge in [0.25, 0.3) is 0 Å². The van der Waals surface area contributed by atoms with Crippen molar-refractivity contribution < 1.29 is 123 Å². The predicted molar refractivity (Wildman–Crippen MR) is 415 cm³/mol. The van der Waals surface area contributed by atoms with Gasteiger partial charge in [0.05, 0.1) is 40.8 Å². The minimum atomic E-state index is -2.39. The Bertz CT molecular complexity index is 5070. The monoisotopic (exact) mass is 1670 g/mol. The number of halogens is 2. The number of hydrogen-bond donors (Lipinski definition) is 20. The number of rotatable bonds is 16. The summed E-state index contributed by atoms with van der Waals surface area (Å²) in [4.78, 5) is 132. The van der Waals surface area contributed by atoms with Crippen molar-refractivity contribution in [2.45, 2.75) is 162 Å². The molecule has 1 aliphatic carbocycles. The van der Waals surface area contributed by atoms with Gasteiger partial charge < -0.3 is 133 Å². The molecule has 0 aromatic heterocycles. The van der Waals surface area contributed by atoms with Gasteiger partial charge in [-0.05, 0) is 132 Å². The lowest BCUT2D eigenvalue weighted by Gasteiger charge is -2.48. The van der Waals surface area contributed by atoms with E-state index in [0.29, 0.717) is 0 Å². The molecular weight excluding hydrogens is 1580 g/mol. The highest BCUT2D eigenvalue weighted by atomic mass is 35.5. The summed E-state index contributed by atoms with van der Waals surface area (Å²) in [5.41, 5.74) is 5.19. The SMILES string of the molecule is CN[C@H](CC(C)C)C(=O)N[C@H]1C(=O)N[C@@H](CC(N)=O)C(=O)N[C@H]2C(=O)N[C@H]3C(=O)N[C@H](C(=O)N[C@H](C(=O)O)c4cc(O)cc(O)c4-c4cc3ccc4O)[C@H](O)c3ccc(c(Cl)c3)Oc3cc2cc(c3O[C@@H]2O[C@H](CO)[C@@H](O)[C@H](O)[C@H]2O[C@H]2C[C@](C)(NC(=O)NCC3c4ccccc4-c4ccccc43)[C@H](O)[C@H](C)O2)Oc2ccc(cc2Cl)[C@H]1O. The largest absolute Gasteiger partial charge is 0.508 e. The maximum Gasteiger partial charge on any atom is 0.330 e. The number of aromatic hydroxyl groups is 3. The predicted octanol–water partition coefficient (Wildman–Crippen LogP) is 3.26. The zero-order valence-corrected chi connectivity index (χ0v) is 65.1. The Kier molecular flexibility index (Phi) is 24.8. The van der Waals surface area contributed by atoms with Gasteiger partial charge in [0, 0.05) is 41.6 Å². The molecule has 0 radical (unpaired) electrons. The summed E-state index contributed by atoms with van der Waals surface area (Å²) >= 11 is 14.3. The number of carbonyl (C=O) groups is 9. The minimum absolute atomic E-state index is 0.115. The lowest BCUT2D eigenvalue weighted by molar-refractivity contribution is -0.334. The summed E-state index contributed by atoms with van der Waals surface area (Å²) in [5, 5.41) is 139. The van der Waals surface area contributed by atoms with Crippen molar-refractivity contribution in [2.75, 3.05) is 20.2 Å². The second kappa shape index (κ2) is 34.6. The van der Waals surface area contributed by atoms with E-state index in [0.717, 1.165) is 89.0 Å². The van der Waals surface area contributed by atoms with Crippen molar-refractivity contribution in [1.29, 1.82) is 0 Å². The number of nitrogens with two attached hydrogens (primary N) is 1. The van der Waals surface area contributed by atoms with Crippen LogP contribution in [0.2, 0.25) is 10.0 Å². The molecule has 2 fully saturated rings. The van der Waals surface area contributed by atoms with E-state index in [1.54, 1.807) is 0 Å². The number of benzene rings is 7. The molecule has 11 bridgehead atoms. The van der Waals surface area contributed by atoms with Gasteiger partial charge >= 0.3 is 12.0 Å². The number of aliphatic hydroxyl groups is 6. The first kappa shape index (κ1) is 84.5.